The Labute approximate surface area is 110 Å². The summed E-state index contributed by atoms with van der Waals surface area (Å²) >= 11 is 1.70. The van der Waals surface area contributed by atoms with Gasteiger partial charge in [-0.2, -0.15) is 0 Å². The summed E-state index contributed by atoms with van der Waals surface area (Å²) < 4.78 is 6.86. The zero-order chi connectivity index (χ0) is 12.4. The van der Waals surface area contributed by atoms with Crippen LogP contribution in [0.15, 0.2) is 48.5 Å². The van der Waals surface area contributed by atoms with Crippen molar-refractivity contribution in [3.63, 3.8) is 0 Å². The Morgan fingerprint density at radius 1 is 1.06 bits per heavy atom. The summed E-state index contributed by atoms with van der Waals surface area (Å²) in [5.41, 5.74) is 2.12. The van der Waals surface area contributed by atoms with Crippen LogP contribution in [0, 0.1) is 0 Å². The van der Waals surface area contributed by atoms with Gasteiger partial charge in [0.15, 0.2) is 0 Å². The number of benzene rings is 2. The van der Waals surface area contributed by atoms with Gasteiger partial charge >= 0.3 is 0 Å². The van der Waals surface area contributed by atoms with E-state index >= 15 is 0 Å². The Balaban J connectivity index is 2.13. The first-order valence-electron chi connectivity index (χ1n) is 5.96. The zero-order valence-corrected chi connectivity index (χ0v) is 10.9. The lowest BCUT2D eigenvalue weighted by Gasteiger charge is -2.06. The number of hydrogen-bond acceptors (Lipinski definition) is 3. The number of fused-ring (bicyclic) bond motifs is 1. The van der Waals surface area contributed by atoms with E-state index in [1.165, 1.54) is 4.70 Å². The molecule has 0 fully saturated rings. The lowest BCUT2D eigenvalue weighted by molar-refractivity contribution is 0.341. The predicted molar refractivity (Wildman–Crippen MR) is 76.2 cm³/mol. The zero-order valence-electron chi connectivity index (χ0n) is 10.1. The van der Waals surface area contributed by atoms with E-state index < -0.39 is 0 Å². The predicted octanol–water partition coefficient (Wildman–Crippen LogP) is 4.36. The van der Waals surface area contributed by atoms with Gasteiger partial charge in [0.05, 0.1) is 22.4 Å². The Hall–Kier alpha value is -1.87. The van der Waals surface area contributed by atoms with Crippen molar-refractivity contribution < 1.29 is 4.74 Å². The monoisotopic (exact) mass is 255 g/mol. The third-order valence-corrected chi connectivity index (χ3v) is 3.78. The van der Waals surface area contributed by atoms with Crippen molar-refractivity contribution in [3.8, 4) is 16.3 Å². The number of para-hydroxylation sites is 2. The average molecular weight is 255 g/mol. The minimum atomic E-state index is 0.669. The number of aromatic nitrogens is 1. The second-order valence-electron chi connectivity index (χ2n) is 3.92. The summed E-state index contributed by atoms with van der Waals surface area (Å²) in [5, 5.41) is 1.01. The normalized spacial score (nSPS) is 10.7. The van der Waals surface area contributed by atoms with E-state index in [1.54, 1.807) is 11.3 Å². The van der Waals surface area contributed by atoms with Crippen LogP contribution in [-0.4, -0.2) is 11.6 Å². The molecule has 0 N–H and O–H groups in total. The van der Waals surface area contributed by atoms with E-state index in [4.69, 9.17) is 4.74 Å². The van der Waals surface area contributed by atoms with Crippen molar-refractivity contribution in [2.75, 3.05) is 6.61 Å². The summed E-state index contributed by atoms with van der Waals surface area (Å²) in [6.45, 7) is 2.66. The molecule has 0 radical (unpaired) electrons. The molecule has 0 bridgehead atoms. The van der Waals surface area contributed by atoms with Gasteiger partial charge in [0.25, 0.3) is 0 Å². The SMILES string of the molecule is CCOc1ccccc1-c1nc2ccccc2s1. The van der Waals surface area contributed by atoms with Crippen molar-refractivity contribution in [1.82, 2.24) is 4.98 Å². The third kappa shape index (κ3) is 1.97. The van der Waals surface area contributed by atoms with Crippen LogP contribution in [-0.2, 0) is 0 Å². The maximum absolute atomic E-state index is 5.65. The first kappa shape index (κ1) is 11.2. The highest BCUT2D eigenvalue weighted by atomic mass is 32.1. The molecule has 1 heterocycles. The topological polar surface area (TPSA) is 22.1 Å². The van der Waals surface area contributed by atoms with Gasteiger partial charge in [-0.1, -0.05) is 24.3 Å². The minimum absolute atomic E-state index is 0.669. The maximum atomic E-state index is 5.65. The fourth-order valence-electron chi connectivity index (χ4n) is 1.91. The molecule has 2 nitrogen and oxygen atoms in total. The quantitative estimate of drug-likeness (QED) is 0.693. The Morgan fingerprint density at radius 2 is 1.83 bits per heavy atom. The molecule has 3 heteroatoms. The van der Waals surface area contributed by atoms with Crippen molar-refractivity contribution >= 4 is 21.6 Å². The number of rotatable bonds is 3. The number of thiazole rings is 1. The van der Waals surface area contributed by atoms with Crippen LogP contribution >= 0.6 is 11.3 Å². The molecule has 3 aromatic rings. The highest BCUT2D eigenvalue weighted by molar-refractivity contribution is 7.21. The fraction of sp³-hybridized carbons (Fsp3) is 0.133. The van der Waals surface area contributed by atoms with Crippen molar-refractivity contribution in [3.05, 3.63) is 48.5 Å². The van der Waals surface area contributed by atoms with Crippen LogP contribution in [0.3, 0.4) is 0 Å². The van der Waals surface area contributed by atoms with Crippen LogP contribution in [0.1, 0.15) is 6.92 Å². The molecule has 0 spiro atoms. The fourth-order valence-corrected chi connectivity index (χ4v) is 2.91. The first-order valence-corrected chi connectivity index (χ1v) is 6.78. The van der Waals surface area contributed by atoms with Gasteiger partial charge in [0, 0.05) is 0 Å². The molecule has 2 aromatic carbocycles. The second kappa shape index (κ2) is 4.78. The van der Waals surface area contributed by atoms with Gasteiger partial charge in [-0.05, 0) is 31.2 Å². The molecule has 1 aromatic heterocycles. The summed E-state index contributed by atoms with van der Waals surface area (Å²) in [6.07, 6.45) is 0. The molecular weight excluding hydrogens is 242 g/mol. The molecule has 0 unspecified atom stereocenters. The van der Waals surface area contributed by atoms with E-state index in [1.807, 2.05) is 43.3 Å². The van der Waals surface area contributed by atoms with Crippen molar-refractivity contribution in [1.29, 1.82) is 0 Å². The lowest BCUT2D eigenvalue weighted by atomic mass is 10.2. The molecule has 0 aliphatic rings. The molecule has 0 atom stereocenters. The molecule has 0 saturated heterocycles. The van der Waals surface area contributed by atoms with E-state index in [0.717, 1.165) is 21.8 Å². The summed E-state index contributed by atoms with van der Waals surface area (Å²) in [5.74, 6) is 0.902. The largest absolute Gasteiger partial charge is 0.493 e. The standard InChI is InChI=1S/C15H13NOS/c1-2-17-13-9-5-3-7-11(13)15-16-12-8-4-6-10-14(12)18-15/h3-10H,2H2,1H3. The van der Waals surface area contributed by atoms with Crippen LogP contribution in [0.5, 0.6) is 5.75 Å². The summed E-state index contributed by atoms with van der Waals surface area (Å²) in [4.78, 5) is 4.66. The van der Waals surface area contributed by atoms with Gasteiger partial charge in [0.2, 0.25) is 0 Å². The second-order valence-corrected chi connectivity index (χ2v) is 4.95. The van der Waals surface area contributed by atoms with E-state index in [0.29, 0.717) is 6.61 Å². The average Bonchev–Trinajstić information content (AvgIpc) is 2.83. The molecule has 0 aliphatic carbocycles. The Morgan fingerprint density at radius 3 is 2.67 bits per heavy atom. The Kier molecular flexibility index (Phi) is 2.99. The molecule has 3 rings (SSSR count). The maximum Gasteiger partial charge on any atom is 0.129 e. The highest BCUT2D eigenvalue weighted by Crippen LogP contribution is 2.35. The number of ether oxygens (including phenoxy) is 1. The van der Waals surface area contributed by atoms with Gasteiger partial charge < -0.3 is 4.74 Å². The molecule has 18 heavy (non-hydrogen) atoms. The van der Waals surface area contributed by atoms with Crippen LogP contribution in [0.2, 0.25) is 0 Å². The first-order chi connectivity index (χ1) is 8.88. The van der Waals surface area contributed by atoms with Crippen molar-refractivity contribution in [2.24, 2.45) is 0 Å². The molecular formula is C15H13NOS. The van der Waals surface area contributed by atoms with Gasteiger partial charge in [-0.15, -0.1) is 11.3 Å². The van der Waals surface area contributed by atoms with Crippen molar-refractivity contribution in [2.45, 2.75) is 6.92 Å². The van der Waals surface area contributed by atoms with Crippen LogP contribution in [0.25, 0.3) is 20.8 Å². The molecule has 0 amide bonds. The van der Waals surface area contributed by atoms with Crippen LogP contribution < -0.4 is 4.74 Å². The van der Waals surface area contributed by atoms with Crippen LogP contribution in [0.4, 0.5) is 0 Å². The van der Waals surface area contributed by atoms with Gasteiger partial charge in [-0.3, -0.25) is 0 Å². The molecule has 0 aliphatic heterocycles. The van der Waals surface area contributed by atoms with E-state index in [9.17, 15) is 0 Å². The molecule has 0 saturated carbocycles. The smallest absolute Gasteiger partial charge is 0.129 e. The third-order valence-electron chi connectivity index (χ3n) is 2.71. The van der Waals surface area contributed by atoms with Gasteiger partial charge in [0.1, 0.15) is 10.8 Å². The molecule has 90 valence electrons. The number of hydrogen-bond donors (Lipinski definition) is 0. The lowest BCUT2D eigenvalue weighted by Crippen LogP contribution is -1.93. The van der Waals surface area contributed by atoms with E-state index in [2.05, 4.69) is 17.1 Å². The summed E-state index contributed by atoms with van der Waals surface area (Å²) in [7, 11) is 0. The Bertz CT molecular complexity index is 642. The van der Waals surface area contributed by atoms with Gasteiger partial charge in [-0.25, -0.2) is 4.98 Å². The highest BCUT2D eigenvalue weighted by Gasteiger charge is 2.10. The van der Waals surface area contributed by atoms with E-state index in [-0.39, 0.29) is 0 Å². The summed E-state index contributed by atoms with van der Waals surface area (Å²) in [6, 6.07) is 16.2. The minimum Gasteiger partial charge on any atom is -0.493 e. The number of nitrogens with zero attached hydrogens (tertiary/aromatic N) is 1.